The number of piperidine rings is 1. The van der Waals surface area contributed by atoms with E-state index in [9.17, 15) is 4.79 Å². The number of rotatable bonds is 2. The molecule has 1 amide bonds. The van der Waals surface area contributed by atoms with Gasteiger partial charge in [-0.2, -0.15) is 0 Å². The molecule has 0 radical (unpaired) electrons. The van der Waals surface area contributed by atoms with Crippen LogP contribution in [-0.4, -0.2) is 37.1 Å². The molecule has 76 valence electrons. The summed E-state index contributed by atoms with van der Waals surface area (Å²) in [5.41, 5.74) is 0. The van der Waals surface area contributed by atoms with Gasteiger partial charge in [0.05, 0.1) is 0 Å². The lowest BCUT2D eigenvalue weighted by Gasteiger charge is -2.36. The monoisotopic (exact) mass is 185 g/mol. The SMILES string of the molecule is COCC1CCN(C(C)=O)C(C)C1. The van der Waals surface area contributed by atoms with Crippen LogP contribution in [0.2, 0.25) is 0 Å². The highest BCUT2D eigenvalue weighted by atomic mass is 16.5. The van der Waals surface area contributed by atoms with Gasteiger partial charge in [0.2, 0.25) is 5.91 Å². The zero-order valence-corrected chi connectivity index (χ0v) is 8.75. The van der Waals surface area contributed by atoms with Crippen molar-refractivity contribution in [3.05, 3.63) is 0 Å². The van der Waals surface area contributed by atoms with E-state index in [-0.39, 0.29) is 5.91 Å². The number of nitrogens with zero attached hydrogens (tertiary/aromatic N) is 1. The standard InChI is InChI=1S/C10H19NO2/c1-8-6-10(7-13-3)4-5-11(8)9(2)12/h8,10H,4-7H2,1-3H3. The second kappa shape index (κ2) is 4.61. The minimum absolute atomic E-state index is 0.198. The van der Waals surface area contributed by atoms with Crippen LogP contribution >= 0.6 is 0 Å². The first-order valence-corrected chi connectivity index (χ1v) is 4.91. The van der Waals surface area contributed by atoms with Gasteiger partial charge in [-0.3, -0.25) is 4.79 Å². The zero-order chi connectivity index (χ0) is 9.84. The third kappa shape index (κ3) is 2.69. The van der Waals surface area contributed by atoms with E-state index in [2.05, 4.69) is 6.92 Å². The predicted octanol–water partition coefficient (Wildman–Crippen LogP) is 1.28. The molecule has 0 aromatic heterocycles. The molecule has 0 aromatic rings. The summed E-state index contributed by atoms with van der Waals surface area (Å²) in [5.74, 6) is 0.832. The van der Waals surface area contributed by atoms with E-state index < -0.39 is 0 Å². The van der Waals surface area contributed by atoms with E-state index >= 15 is 0 Å². The number of hydrogen-bond acceptors (Lipinski definition) is 2. The van der Waals surface area contributed by atoms with E-state index in [1.54, 1.807) is 14.0 Å². The Bertz CT molecular complexity index is 182. The van der Waals surface area contributed by atoms with E-state index in [0.717, 1.165) is 26.0 Å². The molecule has 0 N–H and O–H groups in total. The number of carbonyl (C=O) groups excluding carboxylic acids is 1. The second-order valence-corrected chi connectivity index (χ2v) is 3.91. The van der Waals surface area contributed by atoms with Gasteiger partial charge < -0.3 is 9.64 Å². The smallest absolute Gasteiger partial charge is 0.219 e. The van der Waals surface area contributed by atoms with Crippen molar-refractivity contribution in [1.29, 1.82) is 0 Å². The van der Waals surface area contributed by atoms with Crippen LogP contribution in [0.3, 0.4) is 0 Å². The van der Waals surface area contributed by atoms with Crippen molar-refractivity contribution in [1.82, 2.24) is 4.90 Å². The van der Waals surface area contributed by atoms with Gasteiger partial charge in [-0.05, 0) is 25.7 Å². The minimum Gasteiger partial charge on any atom is -0.384 e. The van der Waals surface area contributed by atoms with Gasteiger partial charge in [0.1, 0.15) is 0 Å². The Morgan fingerprint density at radius 2 is 2.31 bits per heavy atom. The Kier molecular flexibility index (Phi) is 3.72. The van der Waals surface area contributed by atoms with Crippen LogP contribution in [0.25, 0.3) is 0 Å². The summed E-state index contributed by atoms with van der Waals surface area (Å²) >= 11 is 0. The molecule has 1 heterocycles. The molecular formula is C10H19NO2. The third-order valence-electron chi connectivity index (χ3n) is 2.79. The molecule has 0 aliphatic carbocycles. The quantitative estimate of drug-likeness (QED) is 0.648. The first kappa shape index (κ1) is 10.5. The summed E-state index contributed by atoms with van der Waals surface area (Å²) < 4.78 is 5.12. The van der Waals surface area contributed by atoms with Crippen molar-refractivity contribution < 1.29 is 9.53 Å². The summed E-state index contributed by atoms with van der Waals surface area (Å²) in [6.07, 6.45) is 2.16. The van der Waals surface area contributed by atoms with Crippen molar-refractivity contribution in [2.75, 3.05) is 20.3 Å². The minimum atomic E-state index is 0.198. The molecule has 1 aliphatic heterocycles. The summed E-state index contributed by atoms with van der Waals surface area (Å²) in [6, 6.07) is 0.381. The second-order valence-electron chi connectivity index (χ2n) is 3.91. The molecule has 1 rings (SSSR count). The van der Waals surface area contributed by atoms with Crippen LogP contribution in [0.15, 0.2) is 0 Å². The van der Waals surface area contributed by atoms with Crippen LogP contribution < -0.4 is 0 Å². The lowest BCUT2D eigenvalue weighted by Crippen LogP contribution is -2.44. The van der Waals surface area contributed by atoms with Gasteiger partial charge >= 0.3 is 0 Å². The summed E-state index contributed by atoms with van der Waals surface area (Å²) in [4.78, 5) is 13.1. The van der Waals surface area contributed by atoms with Gasteiger partial charge in [0.15, 0.2) is 0 Å². The molecule has 13 heavy (non-hydrogen) atoms. The molecule has 1 fully saturated rings. The molecule has 0 saturated carbocycles. The van der Waals surface area contributed by atoms with E-state index in [0.29, 0.717) is 12.0 Å². The van der Waals surface area contributed by atoms with Gasteiger partial charge in [0, 0.05) is 33.2 Å². The summed E-state index contributed by atoms with van der Waals surface area (Å²) in [7, 11) is 1.74. The van der Waals surface area contributed by atoms with Gasteiger partial charge in [-0.15, -0.1) is 0 Å². The molecule has 1 saturated heterocycles. The Hall–Kier alpha value is -0.570. The number of hydrogen-bond donors (Lipinski definition) is 0. The highest BCUT2D eigenvalue weighted by Crippen LogP contribution is 2.22. The van der Waals surface area contributed by atoms with Crippen molar-refractivity contribution >= 4 is 5.91 Å². The van der Waals surface area contributed by atoms with Crippen molar-refractivity contribution in [3.63, 3.8) is 0 Å². The molecule has 0 aromatic carbocycles. The molecule has 2 atom stereocenters. The average molecular weight is 185 g/mol. The topological polar surface area (TPSA) is 29.5 Å². The fourth-order valence-electron chi connectivity index (χ4n) is 2.12. The Morgan fingerprint density at radius 3 is 2.77 bits per heavy atom. The predicted molar refractivity (Wildman–Crippen MR) is 51.4 cm³/mol. The average Bonchev–Trinajstić information content (AvgIpc) is 2.04. The fraction of sp³-hybridized carbons (Fsp3) is 0.900. The normalized spacial score (nSPS) is 29.0. The molecule has 3 heteroatoms. The highest BCUT2D eigenvalue weighted by Gasteiger charge is 2.26. The van der Waals surface area contributed by atoms with Gasteiger partial charge in [0.25, 0.3) is 0 Å². The van der Waals surface area contributed by atoms with Crippen LogP contribution in [0.5, 0.6) is 0 Å². The Morgan fingerprint density at radius 1 is 1.62 bits per heavy atom. The van der Waals surface area contributed by atoms with Crippen LogP contribution in [0.1, 0.15) is 26.7 Å². The van der Waals surface area contributed by atoms with Crippen molar-refractivity contribution in [2.24, 2.45) is 5.92 Å². The van der Waals surface area contributed by atoms with Crippen LogP contribution in [0.4, 0.5) is 0 Å². The maximum Gasteiger partial charge on any atom is 0.219 e. The molecular weight excluding hydrogens is 166 g/mol. The van der Waals surface area contributed by atoms with Gasteiger partial charge in [-0.25, -0.2) is 0 Å². The molecule has 0 bridgehead atoms. The van der Waals surface area contributed by atoms with Crippen LogP contribution in [0, 0.1) is 5.92 Å². The first-order valence-electron chi connectivity index (χ1n) is 4.91. The largest absolute Gasteiger partial charge is 0.384 e. The lowest BCUT2D eigenvalue weighted by molar-refractivity contribution is -0.133. The summed E-state index contributed by atoms with van der Waals surface area (Å²) in [5, 5.41) is 0. The Balaban J connectivity index is 2.42. The number of methoxy groups -OCH3 is 1. The number of ether oxygens (including phenoxy) is 1. The summed E-state index contributed by atoms with van der Waals surface area (Å²) in [6.45, 7) is 5.48. The van der Waals surface area contributed by atoms with Gasteiger partial charge in [-0.1, -0.05) is 0 Å². The zero-order valence-electron chi connectivity index (χ0n) is 8.75. The van der Waals surface area contributed by atoms with E-state index in [1.165, 1.54) is 0 Å². The van der Waals surface area contributed by atoms with E-state index in [4.69, 9.17) is 4.74 Å². The molecule has 3 nitrogen and oxygen atoms in total. The maximum absolute atomic E-state index is 11.2. The van der Waals surface area contributed by atoms with Crippen molar-refractivity contribution in [3.8, 4) is 0 Å². The molecule has 1 aliphatic rings. The maximum atomic E-state index is 11.2. The van der Waals surface area contributed by atoms with Crippen molar-refractivity contribution in [2.45, 2.75) is 32.7 Å². The number of likely N-dealkylation sites (tertiary alicyclic amines) is 1. The molecule has 2 unspecified atom stereocenters. The lowest BCUT2D eigenvalue weighted by atomic mass is 9.92. The molecule has 0 spiro atoms. The number of carbonyl (C=O) groups is 1. The van der Waals surface area contributed by atoms with E-state index in [1.807, 2.05) is 4.90 Å². The fourth-order valence-corrected chi connectivity index (χ4v) is 2.12. The number of amides is 1. The first-order chi connectivity index (χ1) is 6.15. The highest BCUT2D eigenvalue weighted by molar-refractivity contribution is 5.73. The van der Waals surface area contributed by atoms with Crippen LogP contribution in [-0.2, 0) is 9.53 Å². The Labute approximate surface area is 80.1 Å². The third-order valence-corrected chi connectivity index (χ3v) is 2.79.